The van der Waals surface area contributed by atoms with Gasteiger partial charge >= 0.3 is 0 Å². The third-order valence-corrected chi connectivity index (χ3v) is 6.31. The Balaban J connectivity index is 1.88. The van der Waals surface area contributed by atoms with Crippen LogP contribution in [0.15, 0.2) is 41.3 Å². The summed E-state index contributed by atoms with van der Waals surface area (Å²) in [4.78, 5) is 10.3. The molecule has 25 heavy (non-hydrogen) atoms. The summed E-state index contributed by atoms with van der Waals surface area (Å²) in [6, 6.07) is 9.49. The minimum absolute atomic E-state index is 0.0605. The van der Waals surface area contributed by atoms with Crippen LogP contribution in [0.1, 0.15) is 41.6 Å². The quantitative estimate of drug-likeness (QED) is 0.653. The van der Waals surface area contributed by atoms with Crippen molar-refractivity contribution >= 4 is 15.7 Å². The van der Waals surface area contributed by atoms with Crippen LogP contribution in [0, 0.1) is 17.0 Å². The van der Waals surface area contributed by atoms with E-state index in [1.165, 1.54) is 23.3 Å². The number of hydrogen-bond acceptors (Lipinski definition) is 4. The minimum atomic E-state index is -3.86. The highest BCUT2D eigenvalue weighted by Crippen LogP contribution is 2.27. The molecule has 1 N–H and O–H groups in total. The van der Waals surface area contributed by atoms with Crippen LogP contribution >= 0.6 is 0 Å². The van der Waals surface area contributed by atoms with Gasteiger partial charge in [-0.05, 0) is 55.4 Å². The molecule has 0 unspecified atom stereocenters. The monoisotopic (exact) mass is 360 g/mol. The Labute approximate surface area is 147 Å². The molecule has 2 aromatic carbocycles. The van der Waals surface area contributed by atoms with Gasteiger partial charge in [0.25, 0.3) is 5.69 Å². The number of hydrogen-bond donors (Lipinski definition) is 1. The van der Waals surface area contributed by atoms with Crippen molar-refractivity contribution in [2.75, 3.05) is 0 Å². The van der Waals surface area contributed by atoms with E-state index < -0.39 is 21.0 Å². The van der Waals surface area contributed by atoms with Gasteiger partial charge in [0.2, 0.25) is 10.0 Å². The molecule has 3 rings (SSSR count). The van der Waals surface area contributed by atoms with Crippen molar-refractivity contribution in [3.63, 3.8) is 0 Å². The molecule has 1 atom stereocenters. The molecule has 0 aromatic heterocycles. The highest BCUT2D eigenvalue weighted by Gasteiger charge is 2.23. The number of non-ortho nitro benzene ring substituents is 1. The molecule has 1 aliphatic rings. The van der Waals surface area contributed by atoms with Crippen molar-refractivity contribution in [1.29, 1.82) is 0 Å². The Morgan fingerprint density at radius 3 is 2.56 bits per heavy atom. The van der Waals surface area contributed by atoms with Crippen LogP contribution < -0.4 is 4.72 Å². The van der Waals surface area contributed by atoms with Crippen molar-refractivity contribution in [2.45, 2.75) is 44.0 Å². The second-order valence-electron chi connectivity index (χ2n) is 6.43. The summed E-state index contributed by atoms with van der Waals surface area (Å²) in [6.45, 7) is 3.40. The number of nitrogens with zero attached hydrogens (tertiary/aromatic N) is 1. The van der Waals surface area contributed by atoms with Crippen LogP contribution in [-0.4, -0.2) is 13.3 Å². The smallest absolute Gasteiger partial charge is 0.258 e. The fourth-order valence-corrected chi connectivity index (χ4v) is 4.71. The average molecular weight is 360 g/mol. The normalized spacial score (nSPS) is 15.0. The third-order valence-electron chi connectivity index (χ3n) is 4.63. The van der Waals surface area contributed by atoms with Gasteiger partial charge in [-0.3, -0.25) is 10.1 Å². The first-order valence-electron chi connectivity index (χ1n) is 8.17. The molecule has 0 saturated carbocycles. The first-order valence-corrected chi connectivity index (χ1v) is 9.65. The van der Waals surface area contributed by atoms with E-state index in [4.69, 9.17) is 0 Å². The molecule has 0 amide bonds. The fraction of sp³-hybridized carbons (Fsp3) is 0.333. The molecule has 0 bridgehead atoms. The van der Waals surface area contributed by atoms with Crippen LogP contribution in [0.25, 0.3) is 0 Å². The Morgan fingerprint density at radius 2 is 1.84 bits per heavy atom. The van der Waals surface area contributed by atoms with Crippen LogP contribution in [0.3, 0.4) is 0 Å². The maximum atomic E-state index is 12.7. The summed E-state index contributed by atoms with van der Waals surface area (Å²) in [5, 5.41) is 10.9. The summed E-state index contributed by atoms with van der Waals surface area (Å²) in [6.07, 6.45) is 3.22. The van der Waals surface area contributed by atoms with Crippen molar-refractivity contribution in [3.8, 4) is 0 Å². The van der Waals surface area contributed by atoms with Gasteiger partial charge in [-0.15, -0.1) is 0 Å². The molecule has 0 heterocycles. The fourth-order valence-electron chi connectivity index (χ4n) is 3.22. The predicted octanol–water partition coefficient (Wildman–Crippen LogP) is 3.43. The van der Waals surface area contributed by atoms with Crippen molar-refractivity contribution in [3.05, 3.63) is 68.8 Å². The van der Waals surface area contributed by atoms with Crippen molar-refractivity contribution < 1.29 is 13.3 Å². The first kappa shape index (κ1) is 17.6. The molecule has 6 nitrogen and oxygen atoms in total. The average Bonchev–Trinajstić information content (AvgIpc) is 3.01. The van der Waals surface area contributed by atoms with Crippen LogP contribution in [0.2, 0.25) is 0 Å². The maximum absolute atomic E-state index is 12.7. The van der Waals surface area contributed by atoms with E-state index >= 15 is 0 Å². The topological polar surface area (TPSA) is 89.3 Å². The lowest BCUT2D eigenvalue weighted by molar-refractivity contribution is -0.385. The van der Waals surface area contributed by atoms with Gasteiger partial charge in [0.15, 0.2) is 0 Å². The number of nitrogens with one attached hydrogen (secondary N) is 1. The zero-order chi connectivity index (χ0) is 18.2. The lowest BCUT2D eigenvalue weighted by atomic mass is 10.0. The second kappa shape index (κ2) is 6.57. The molecule has 132 valence electrons. The standard InChI is InChI=1S/C18H20N2O4S/c1-12-6-9-17(20(21)22)11-18(12)25(23,24)19-13(2)15-8-7-14-4-3-5-16(14)10-15/h6-11,13,19H,3-5H2,1-2H3/t13-/m0/s1. The predicted molar refractivity (Wildman–Crippen MR) is 95.0 cm³/mol. The number of rotatable bonds is 5. The van der Waals surface area contributed by atoms with Crippen LogP contribution in [0.4, 0.5) is 5.69 Å². The number of nitro benzene ring substituents is 1. The lowest BCUT2D eigenvalue weighted by Gasteiger charge is -2.17. The zero-order valence-electron chi connectivity index (χ0n) is 14.2. The van der Waals surface area contributed by atoms with E-state index in [2.05, 4.69) is 16.9 Å². The number of benzene rings is 2. The molecule has 0 spiro atoms. The summed E-state index contributed by atoms with van der Waals surface area (Å²) >= 11 is 0. The largest absolute Gasteiger partial charge is 0.270 e. The molecule has 0 radical (unpaired) electrons. The van der Waals surface area contributed by atoms with E-state index in [1.54, 1.807) is 13.8 Å². The number of sulfonamides is 1. The molecule has 1 aliphatic carbocycles. The maximum Gasteiger partial charge on any atom is 0.270 e. The SMILES string of the molecule is Cc1ccc([N+](=O)[O-])cc1S(=O)(=O)N[C@@H](C)c1ccc2c(c1)CCC2. The van der Waals surface area contributed by atoms with Crippen molar-refractivity contribution in [2.24, 2.45) is 0 Å². The van der Waals surface area contributed by atoms with Gasteiger partial charge < -0.3 is 0 Å². The first-order chi connectivity index (χ1) is 11.8. The van der Waals surface area contributed by atoms with Gasteiger partial charge in [0.1, 0.15) is 0 Å². The number of aryl methyl sites for hydroxylation is 3. The van der Waals surface area contributed by atoms with E-state index in [1.807, 2.05) is 6.07 Å². The summed E-state index contributed by atoms with van der Waals surface area (Å²) in [5.41, 5.74) is 3.73. The van der Waals surface area contributed by atoms with Gasteiger partial charge in [-0.25, -0.2) is 13.1 Å². The molecule has 0 saturated heterocycles. The van der Waals surface area contributed by atoms with E-state index in [-0.39, 0.29) is 10.6 Å². The minimum Gasteiger partial charge on any atom is -0.258 e. The molecular weight excluding hydrogens is 340 g/mol. The third kappa shape index (κ3) is 3.57. The Morgan fingerprint density at radius 1 is 1.12 bits per heavy atom. The number of fused-ring (bicyclic) bond motifs is 1. The van der Waals surface area contributed by atoms with Gasteiger partial charge in [-0.2, -0.15) is 0 Å². The summed E-state index contributed by atoms with van der Waals surface area (Å²) < 4.78 is 28.1. The van der Waals surface area contributed by atoms with Crippen molar-refractivity contribution in [1.82, 2.24) is 4.72 Å². The molecule has 0 aliphatic heterocycles. The molecular formula is C18H20N2O4S. The Kier molecular flexibility index (Phi) is 4.62. The van der Waals surface area contributed by atoms with Crippen LogP contribution in [-0.2, 0) is 22.9 Å². The zero-order valence-corrected chi connectivity index (χ0v) is 15.0. The summed E-state index contributed by atoms with van der Waals surface area (Å²) in [7, 11) is -3.86. The van der Waals surface area contributed by atoms with Gasteiger partial charge in [0, 0.05) is 18.2 Å². The van der Waals surface area contributed by atoms with E-state index in [0.29, 0.717) is 5.56 Å². The highest BCUT2D eigenvalue weighted by molar-refractivity contribution is 7.89. The Hall–Kier alpha value is -2.25. The molecule has 2 aromatic rings. The van der Waals surface area contributed by atoms with Crippen LogP contribution in [0.5, 0.6) is 0 Å². The molecule has 0 fully saturated rings. The van der Waals surface area contributed by atoms with Gasteiger partial charge in [0.05, 0.1) is 9.82 Å². The molecule has 7 heteroatoms. The second-order valence-corrected chi connectivity index (χ2v) is 8.11. The van der Waals surface area contributed by atoms with E-state index in [0.717, 1.165) is 30.9 Å². The highest BCUT2D eigenvalue weighted by atomic mass is 32.2. The Bertz CT molecular complexity index is 938. The van der Waals surface area contributed by atoms with Gasteiger partial charge in [-0.1, -0.05) is 24.3 Å². The summed E-state index contributed by atoms with van der Waals surface area (Å²) in [5.74, 6) is 0. The van der Waals surface area contributed by atoms with E-state index in [9.17, 15) is 18.5 Å². The number of nitro groups is 1. The lowest BCUT2D eigenvalue weighted by Crippen LogP contribution is -2.27.